The Morgan fingerprint density at radius 1 is 1.18 bits per heavy atom. The second-order valence-electron chi connectivity index (χ2n) is 5.18. The minimum absolute atomic E-state index is 0.0169. The number of carbonyl (C=O) groups excluding carboxylic acids is 2. The number of benzene rings is 2. The fourth-order valence-electron chi connectivity index (χ4n) is 2.66. The third-order valence-corrected chi connectivity index (χ3v) is 3.91. The van der Waals surface area contributed by atoms with E-state index in [9.17, 15) is 9.59 Å². The number of alkyl halides is 1. The smallest absolute Gasteiger partial charge is 0.239 e. The van der Waals surface area contributed by atoms with Gasteiger partial charge in [0.1, 0.15) is 5.88 Å². The van der Waals surface area contributed by atoms with Crippen molar-refractivity contribution in [3.05, 3.63) is 65.2 Å². The van der Waals surface area contributed by atoms with Crippen LogP contribution in [0.2, 0.25) is 0 Å². The second kappa shape index (κ2) is 6.20. The van der Waals surface area contributed by atoms with Gasteiger partial charge in [0.05, 0.1) is 12.5 Å². The van der Waals surface area contributed by atoms with Gasteiger partial charge >= 0.3 is 0 Å². The minimum Gasteiger partial charge on any atom is -0.345 e. The van der Waals surface area contributed by atoms with Crippen LogP contribution in [0.15, 0.2) is 48.5 Å². The van der Waals surface area contributed by atoms with Crippen LogP contribution < -0.4 is 10.6 Å². The number of rotatable bonds is 3. The number of hydrogen-bond donors (Lipinski definition) is 2. The molecule has 0 fully saturated rings. The van der Waals surface area contributed by atoms with Crippen molar-refractivity contribution in [3.8, 4) is 0 Å². The average molecular weight is 315 g/mol. The van der Waals surface area contributed by atoms with E-state index in [-0.39, 0.29) is 23.7 Å². The molecule has 1 heterocycles. The van der Waals surface area contributed by atoms with Crippen LogP contribution in [0.25, 0.3) is 0 Å². The SMILES string of the molecule is O=C(CCl)Nc1ccc(C2NC(=O)Cc3ccccc32)cc1. The number of amides is 2. The Balaban J connectivity index is 1.88. The molecule has 0 aliphatic carbocycles. The number of nitrogens with one attached hydrogen (secondary N) is 2. The highest BCUT2D eigenvalue weighted by Gasteiger charge is 2.25. The van der Waals surface area contributed by atoms with Gasteiger partial charge in [-0.2, -0.15) is 0 Å². The molecule has 1 unspecified atom stereocenters. The zero-order valence-electron chi connectivity index (χ0n) is 11.8. The van der Waals surface area contributed by atoms with Crippen molar-refractivity contribution < 1.29 is 9.59 Å². The first-order valence-corrected chi connectivity index (χ1v) is 7.54. The van der Waals surface area contributed by atoms with Gasteiger partial charge in [-0.1, -0.05) is 36.4 Å². The molecule has 1 aliphatic rings. The summed E-state index contributed by atoms with van der Waals surface area (Å²) < 4.78 is 0. The molecule has 0 radical (unpaired) electrons. The summed E-state index contributed by atoms with van der Waals surface area (Å²) in [6, 6.07) is 15.2. The normalized spacial score (nSPS) is 16.6. The fourth-order valence-corrected chi connectivity index (χ4v) is 2.72. The molecule has 2 amide bonds. The van der Waals surface area contributed by atoms with Gasteiger partial charge < -0.3 is 10.6 Å². The maximum absolute atomic E-state index is 11.9. The van der Waals surface area contributed by atoms with E-state index in [1.54, 1.807) is 0 Å². The van der Waals surface area contributed by atoms with Gasteiger partial charge in [0.15, 0.2) is 0 Å². The van der Waals surface area contributed by atoms with Crippen LogP contribution >= 0.6 is 11.6 Å². The van der Waals surface area contributed by atoms with E-state index < -0.39 is 0 Å². The summed E-state index contributed by atoms with van der Waals surface area (Å²) in [5.41, 5.74) is 3.82. The Kier molecular flexibility index (Phi) is 4.11. The van der Waals surface area contributed by atoms with Crippen molar-refractivity contribution >= 4 is 29.1 Å². The number of fused-ring (bicyclic) bond motifs is 1. The summed E-state index contributed by atoms with van der Waals surface area (Å²) in [5, 5.41) is 5.70. The van der Waals surface area contributed by atoms with Crippen molar-refractivity contribution in [3.63, 3.8) is 0 Å². The van der Waals surface area contributed by atoms with Gasteiger partial charge in [-0.25, -0.2) is 0 Å². The molecule has 0 spiro atoms. The highest BCUT2D eigenvalue weighted by atomic mass is 35.5. The Bertz CT molecular complexity index is 713. The van der Waals surface area contributed by atoms with E-state index in [4.69, 9.17) is 11.6 Å². The third kappa shape index (κ3) is 2.97. The summed E-state index contributed by atoms with van der Waals surface area (Å²) in [6.45, 7) is 0. The molecule has 3 rings (SSSR count). The molecular formula is C17H15ClN2O2. The number of carbonyl (C=O) groups is 2. The van der Waals surface area contributed by atoms with E-state index in [2.05, 4.69) is 10.6 Å². The van der Waals surface area contributed by atoms with Crippen LogP contribution in [0.4, 0.5) is 5.69 Å². The summed E-state index contributed by atoms with van der Waals surface area (Å²) in [7, 11) is 0. The summed E-state index contributed by atoms with van der Waals surface area (Å²) in [5.74, 6) is -0.303. The quantitative estimate of drug-likeness (QED) is 0.856. The first kappa shape index (κ1) is 14.6. The molecule has 2 aromatic rings. The van der Waals surface area contributed by atoms with E-state index in [0.717, 1.165) is 16.7 Å². The van der Waals surface area contributed by atoms with Crippen molar-refractivity contribution in [2.45, 2.75) is 12.5 Å². The van der Waals surface area contributed by atoms with Crippen LogP contribution in [0, 0.1) is 0 Å². The number of hydrogen-bond acceptors (Lipinski definition) is 2. The number of halogens is 1. The minimum atomic E-state index is -0.245. The van der Waals surface area contributed by atoms with Gasteiger partial charge in [0.2, 0.25) is 11.8 Å². The lowest BCUT2D eigenvalue weighted by molar-refractivity contribution is -0.121. The van der Waals surface area contributed by atoms with Crippen LogP contribution in [-0.4, -0.2) is 17.7 Å². The standard InChI is InChI=1S/C17H15ClN2O2/c18-10-16(22)19-13-7-5-11(6-8-13)17-14-4-2-1-3-12(14)9-15(21)20-17/h1-8,17H,9-10H2,(H,19,22)(H,20,21). The van der Waals surface area contributed by atoms with Crippen LogP contribution in [-0.2, 0) is 16.0 Å². The molecule has 112 valence electrons. The molecule has 2 aromatic carbocycles. The molecule has 22 heavy (non-hydrogen) atoms. The van der Waals surface area contributed by atoms with Crippen LogP contribution in [0.5, 0.6) is 0 Å². The van der Waals surface area contributed by atoms with Gasteiger partial charge in [-0.3, -0.25) is 9.59 Å². The predicted molar refractivity (Wildman–Crippen MR) is 85.9 cm³/mol. The molecule has 0 bridgehead atoms. The monoisotopic (exact) mass is 314 g/mol. The molecule has 0 aromatic heterocycles. The van der Waals surface area contributed by atoms with Gasteiger partial charge in [0, 0.05) is 5.69 Å². The Labute approximate surface area is 133 Å². The maximum atomic E-state index is 11.9. The molecular weight excluding hydrogens is 300 g/mol. The zero-order valence-corrected chi connectivity index (χ0v) is 12.6. The first-order valence-electron chi connectivity index (χ1n) is 7.00. The van der Waals surface area contributed by atoms with Gasteiger partial charge in [-0.05, 0) is 28.8 Å². The first-order chi connectivity index (χ1) is 10.7. The van der Waals surface area contributed by atoms with Crippen molar-refractivity contribution in [2.24, 2.45) is 0 Å². The molecule has 2 N–H and O–H groups in total. The van der Waals surface area contributed by atoms with E-state index >= 15 is 0 Å². The largest absolute Gasteiger partial charge is 0.345 e. The molecule has 1 aliphatic heterocycles. The van der Waals surface area contributed by atoms with Gasteiger partial charge in [0.25, 0.3) is 0 Å². The second-order valence-corrected chi connectivity index (χ2v) is 5.45. The predicted octanol–water partition coefficient (Wildman–Crippen LogP) is 2.63. The average Bonchev–Trinajstić information content (AvgIpc) is 2.54. The molecule has 1 atom stereocenters. The molecule has 0 saturated carbocycles. The van der Waals surface area contributed by atoms with Gasteiger partial charge in [-0.15, -0.1) is 11.6 Å². The van der Waals surface area contributed by atoms with Crippen molar-refractivity contribution in [1.29, 1.82) is 0 Å². The Hall–Kier alpha value is -2.33. The van der Waals surface area contributed by atoms with E-state index in [1.165, 1.54) is 0 Å². The Morgan fingerprint density at radius 2 is 1.91 bits per heavy atom. The number of anilines is 1. The molecule has 4 nitrogen and oxygen atoms in total. The van der Waals surface area contributed by atoms with Crippen molar-refractivity contribution in [2.75, 3.05) is 11.2 Å². The zero-order chi connectivity index (χ0) is 15.5. The van der Waals surface area contributed by atoms with Crippen molar-refractivity contribution in [1.82, 2.24) is 5.32 Å². The lowest BCUT2D eigenvalue weighted by Crippen LogP contribution is -2.35. The topological polar surface area (TPSA) is 58.2 Å². The fraction of sp³-hybridized carbons (Fsp3) is 0.176. The summed E-state index contributed by atoms with van der Waals surface area (Å²) in [4.78, 5) is 23.2. The highest BCUT2D eigenvalue weighted by molar-refractivity contribution is 6.29. The molecule has 0 saturated heterocycles. The summed E-state index contributed by atoms with van der Waals surface area (Å²) >= 11 is 5.47. The Morgan fingerprint density at radius 3 is 2.64 bits per heavy atom. The van der Waals surface area contributed by atoms with Crippen LogP contribution in [0.1, 0.15) is 22.7 Å². The maximum Gasteiger partial charge on any atom is 0.239 e. The highest BCUT2D eigenvalue weighted by Crippen LogP contribution is 2.29. The lowest BCUT2D eigenvalue weighted by Gasteiger charge is -2.27. The van der Waals surface area contributed by atoms with Crippen LogP contribution in [0.3, 0.4) is 0 Å². The summed E-state index contributed by atoms with van der Waals surface area (Å²) in [6.07, 6.45) is 0.413. The lowest BCUT2D eigenvalue weighted by atomic mass is 9.89. The van der Waals surface area contributed by atoms with E-state index in [1.807, 2.05) is 48.5 Å². The third-order valence-electron chi connectivity index (χ3n) is 3.67. The molecule has 5 heteroatoms. The van der Waals surface area contributed by atoms with E-state index in [0.29, 0.717) is 12.1 Å².